The first kappa shape index (κ1) is 16.7. The van der Waals surface area contributed by atoms with Crippen molar-refractivity contribution in [2.45, 2.75) is 11.3 Å². The van der Waals surface area contributed by atoms with E-state index in [1.807, 2.05) is 30.3 Å². The van der Waals surface area contributed by atoms with Crippen LogP contribution in [0.1, 0.15) is 16.4 Å². The van der Waals surface area contributed by atoms with E-state index >= 15 is 0 Å². The lowest BCUT2D eigenvalue weighted by molar-refractivity contribution is -0.402. The van der Waals surface area contributed by atoms with Crippen LogP contribution < -0.4 is 5.32 Å². The first-order chi connectivity index (χ1) is 12.1. The van der Waals surface area contributed by atoms with E-state index < -0.39 is 16.7 Å². The van der Waals surface area contributed by atoms with Gasteiger partial charge in [0.25, 0.3) is 5.91 Å². The number of furan rings is 1. The van der Waals surface area contributed by atoms with Gasteiger partial charge in [0.15, 0.2) is 5.76 Å². The molecule has 0 spiro atoms. The normalized spacial score (nSPS) is 10.6. The molecule has 0 fully saturated rings. The molecule has 0 aliphatic carbocycles. The van der Waals surface area contributed by atoms with E-state index in [-0.39, 0.29) is 11.8 Å². The predicted octanol–water partition coefficient (Wildman–Crippen LogP) is 3.16. The van der Waals surface area contributed by atoms with Crippen LogP contribution in [0, 0.1) is 10.1 Å². The molecule has 0 saturated heterocycles. The number of aryl methyl sites for hydroxylation is 1. The van der Waals surface area contributed by atoms with Gasteiger partial charge >= 0.3 is 11.9 Å². The summed E-state index contributed by atoms with van der Waals surface area (Å²) in [6, 6.07) is 12.1. The second-order valence-electron chi connectivity index (χ2n) is 4.76. The van der Waals surface area contributed by atoms with Crippen LogP contribution in [0.4, 0.5) is 11.9 Å². The third-order valence-electron chi connectivity index (χ3n) is 3.01. The average Bonchev–Trinajstić information content (AvgIpc) is 3.25. The summed E-state index contributed by atoms with van der Waals surface area (Å²) in [6.45, 7) is 0. The lowest BCUT2D eigenvalue weighted by Crippen LogP contribution is -2.11. The monoisotopic (exact) mass is 360 g/mol. The van der Waals surface area contributed by atoms with Crippen LogP contribution >= 0.6 is 11.8 Å². The Labute approximate surface area is 145 Å². The molecule has 1 amide bonds. The summed E-state index contributed by atoms with van der Waals surface area (Å²) in [5.74, 6) is -0.323. The SMILES string of the molecule is O=C(Nc1nnc(CCSc2ccccc2)o1)c1ccc([N+](=O)[O-])o1. The van der Waals surface area contributed by atoms with Gasteiger partial charge in [-0.1, -0.05) is 23.3 Å². The number of anilines is 1. The smallest absolute Gasteiger partial charge is 0.408 e. The highest BCUT2D eigenvalue weighted by Gasteiger charge is 2.19. The number of nitrogens with one attached hydrogen (secondary N) is 1. The molecule has 3 aromatic rings. The zero-order valence-corrected chi connectivity index (χ0v) is 13.6. The minimum atomic E-state index is -0.730. The van der Waals surface area contributed by atoms with E-state index in [4.69, 9.17) is 8.83 Å². The van der Waals surface area contributed by atoms with Gasteiger partial charge in [-0.05, 0) is 18.2 Å². The van der Waals surface area contributed by atoms with E-state index in [9.17, 15) is 14.9 Å². The lowest BCUT2D eigenvalue weighted by atomic mass is 10.4. The van der Waals surface area contributed by atoms with Crippen molar-refractivity contribution in [2.24, 2.45) is 0 Å². The van der Waals surface area contributed by atoms with Crippen molar-refractivity contribution in [2.75, 3.05) is 11.1 Å². The van der Waals surface area contributed by atoms with Gasteiger partial charge in [-0.25, -0.2) is 0 Å². The van der Waals surface area contributed by atoms with E-state index in [1.54, 1.807) is 11.8 Å². The fourth-order valence-electron chi connectivity index (χ4n) is 1.88. The highest BCUT2D eigenvalue weighted by atomic mass is 32.2. The Morgan fingerprint density at radius 3 is 2.68 bits per heavy atom. The number of thioether (sulfide) groups is 1. The predicted molar refractivity (Wildman–Crippen MR) is 88.5 cm³/mol. The molecule has 3 rings (SSSR count). The van der Waals surface area contributed by atoms with E-state index in [0.717, 1.165) is 16.7 Å². The molecule has 0 unspecified atom stereocenters. The molecular formula is C15H12N4O5S. The van der Waals surface area contributed by atoms with Crippen LogP contribution in [0.5, 0.6) is 0 Å². The maximum Gasteiger partial charge on any atom is 0.433 e. The van der Waals surface area contributed by atoms with Crippen molar-refractivity contribution >= 4 is 29.6 Å². The van der Waals surface area contributed by atoms with Gasteiger partial charge < -0.3 is 8.83 Å². The maximum absolute atomic E-state index is 11.9. The Morgan fingerprint density at radius 2 is 1.96 bits per heavy atom. The third-order valence-corrected chi connectivity index (χ3v) is 4.02. The second kappa shape index (κ2) is 7.62. The summed E-state index contributed by atoms with van der Waals surface area (Å²) in [7, 11) is 0. The minimum Gasteiger partial charge on any atom is -0.408 e. The Bertz CT molecular complexity index is 877. The van der Waals surface area contributed by atoms with Crippen LogP contribution in [0.2, 0.25) is 0 Å². The van der Waals surface area contributed by atoms with Gasteiger partial charge in [0, 0.05) is 17.1 Å². The molecule has 0 bridgehead atoms. The molecule has 25 heavy (non-hydrogen) atoms. The fourth-order valence-corrected chi connectivity index (χ4v) is 2.75. The van der Waals surface area contributed by atoms with Gasteiger partial charge in [-0.3, -0.25) is 20.2 Å². The Kier molecular flexibility index (Phi) is 5.09. The Balaban J connectivity index is 1.52. The molecule has 10 heteroatoms. The van der Waals surface area contributed by atoms with Gasteiger partial charge in [0.05, 0.1) is 6.07 Å². The number of aromatic nitrogens is 2. The summed E-state index contributed by atoms with van der Waals surface area (Å²) in [4.78, 5) is 22.8. The quantitative estimate of drug-likeness (QED) is 0.387. The molecule has 0 aliphatic rings. The number of amides is 1. The van der Waals surface area contributed by atoms with Crippen LogP contribution in [-0.4, -0.2) is 26.8 Å². The maximum atomic E-state index is 11.9. The lowest BCUT2D eigenvalue weighted by Gasteiger charge is -1.98. The number of rotatable bonds is 7. The molecular weight excluding hydrogens is 348 g/mol. The molecule has 128 valence electrons. The van der Waals surface area contributed by atoms with Gasteiger partial charge in [0.2, 0.25) is 5.89 Å². The van der Waals surface area contributed by atoms with Gasteiger partial charge in [0.1, 0.15) is 4.92 Å². The van der Waals surface area contributed by atoms with Crippen LogP contribution in [0.25, 0.3) is 0 Å². The molecule has 1 N–H and O–H groups in total. The molecule has 0 aliphatic heterocycles. The van der Waals surface area contributed by atoms with Crippen molar-refractivity contribution in [1.29, 1.82) is 0 Å². The van der Waals surface area contributed by atoms with Crippen molar-refractivity contribution in [3.63, 3.8) is 0 Å². The van der Waals surface area contributed by atoms with Crippen LogP contribution in [-0.2, 0) is 6.42 Å². The van der Waals surface area contributed by atoms with Crippen molar-refractivity contribution in [3.8, 4) is 0 Å². The van der Waals surface area contributed by atoms with Crippen LogP contribution in [0.3, 0.4) is 0 Å². The summed E-state index contributed by atoms with van der Waals surface area (Å²) >= 11 is 1.65. The number of benzene rings is 1. The second-order valence-corrected chi connectivity index (χ2v) is 5.93. The number of hydrogen-bond acceptors (Lipinski definition) is 8. The molecule has 2 heterocycles. The fraction of sp³-hybridized carbons (Fsp3) is 0.133. The molecule has 9 nitrogen and oxygen atoms in total. The average molecular weight is 360 g/mol. The number of nitrogens with zero attached hydrogens (tertiary/aromatic N) is 3. The first-order valence-electron chi connectivity index (χ1n) is 7.17. The van der Waals surface area contributed by atoms with E-state index in [2.05, 4.69) is 15.5 Å². The Hall–Kier alpha value is -3.14. The zero-order chi connectivity index (χ0) is 17.6. The van der Waals surface area contributed by atoms with Gasteiger partial charge in [-0.15, -0.1) is 16.9 Å². The zero-order valence-electron chi connectivity index (χ0n) is 12.7. The van der Waals surface area contributed by atoms with Crippen molar-refractivity contribution in [1.82, 2.24) is 10.2 Å². The molecule has 0 radical (unpaired) electrons. The summed E-state index contributed by atoms with van der Waals surface area (Å²) < 4.78 is 10.1. The third kappa shape index (κ3) is 4.44. The number of carbonyl (C=O) groups is 1. The highest BCUT2D eigenvalue weighted by molar-refractivity contribution is 7.99. The topological polar surface area (TPSA) is 124 Å². The molecule has 1 aromatic carbocycles. The summed E-state index contributed by atoms with van der Waals surface area (Å²) in [5.41, 5.74) is 0. The van der Waals surface area contributed by atoms with E-state index in [1.165, 1.54) is 6.07 Å². The Morgan fingerprint density at radius 1 is 1.16 bits per heavy atom. The van der Waals surface area contributed by atoms with Crippen molar-refractivity contribution < 1.29 is 18.6 Å². The highest BCUT2D eigenvalue weighted by Crippen LogP contribution is 2.19. The standard InChI is InChI=1S/C15H12N4O5S/c20-14(11-6-7-13(23-11)19(21)22)16-15-18-17-12(24-15)8-9-25-10-4-2-1-3-5-10/h1-7H,8-9H2,(H,16,18,20). The first-order valence-corrected chi connectivity index (χ1v) is 8.16. The largest absolute Gasteiger partial charge is 0.433 e. The number of carbonyl (C=O) groups excluding carboxylic acids is 1. The molecule has 0 saturated carbocycles. The van der Waals surface area contributed by atoms with Crippen LogP contribution in [0.15, 0.2) is 56.2 Å². The van der Waals surface area contributed by atoms with E-state index in [0.29, 0.717) is 12.3 Å². The summed E-state index contributed by atoms with van der Waals surface area (Å²) in [5, 5.41) is 20.4. The molecule has 2 aromatic heterocycles. The number of hydrogen-bond donors (Lipinski definition) is 1. The number of nitro groups is 1. The summed E-state index contributed by atoms with van der Waals surface area (Å²) in [6.07, 6.45) is 0.536. The molecule has 0 atom stereocenters. The minimum absolute atomic E-state index is 0.0937. The van der Waals surface area contributed by atoms with Gasteiger partial charge in [-0.2, -0.15) is 0 Å². The van der Waals surface area contributed by atoms with Crippen molar-refractivity contribution in [3.05, 3.63) is 64.2 Å².